The summed E-state index contributed by atoms with van der Waals surface area (Å²) in [5, 5.41) is 0.780. The lowest BCUT2D eigenvalue weighted by molar-refractivity contribution is 0.251. The van der Waals surface area contributed by atoms with Gasteiger partial charge < -0.3 is 10.6 Å². The first-order chi connectivity index (χ1) is 10.7. The van der Waals surface area contributed by atoms with E-state index in [4.69, 9.17) is 17.3 Å². The van der Waals surface area contributed by atoms with Gasteiger partial charge in [0, 0.05) is 18.1 Å². The molecule has 0 bridgehead atoms. The minimum absolute atomic E-state index is 0.260. The van der Waals surface area contributed by atoms with Crippen molar-refractivity contribution in [3.05, 3.63) is 34.9 Å². The first-order valence-electron chi connectivity index (χ1n) is 8.20. The molecule has 22 heavy (non-hydrogen) atoms. The Bertz CT molecular complexity index is 493. The first-order valence-corrected chi connectivity index (χ1v) is 8.57. The van der Waals surface area contributed by atoms with Gasteiger partial charge in [-0.25, -0.2) is 0 Å². The number of nitrogens with two attached hydrogens (primary N) is 1. The Morgan fingerprint density at radius 1 is 1.32 bits per heavy atom. The van der Waals surface area contributed by atoms with Gasteiger partial charge in [-0.2, -0.15) is 0 Å². The molecule has 1 saturated heterocycles. The second-order valence-corrected chi connectivity index (χ2v) is 6.12. The van der Waals surface area contributed by atoms with E-state index in [1.807, 2.05) is 18.2 Å². The summed E-state index contributed by atoms with van der Waals surface area (Å²) >= 11 is 6.17. The van der Waals surface area contributed by atoms with Crippen LogP contribution in [0.5, 0.6) is 0 Å². The van der Waals surface area contributed by atoms with E-state index in [-0.39, 0.29) is 6.04 Å². The highest BCUT2D eigenvalue weighted by Crippen LogP contribution is 2.27. The third-order valence-electron chi connectivity index (χ3n) is 4.33. The predicted octanol–water partition coefficient (Wildman–Crippen LogP) is 3.13. The number of guanidine groups is 1. The van der Waals surface area contributed by atoms with Crippen LogP contribution in [0.15, 0.2) is 29.3 Å². The Kier molecular flexibility index (Phi) is 6.52. The molecule has 0 saturated carbocycles. The lowest BCUT2D eigenvalue weighted by Gasteiger charge is -2.27. The van der Waals surface area contributed by atoms with Crippen LogP contribution >= 0.6 is 11.6 Å². The molecule has 1 atom stereocenters. The zero-order valence-electron chi connectivity index (χ0n) is 13.6. The lowest BCUT2D eigenvalue weighted by Crippen LogP contribution is -2.38. The van der Waals surface area contributed by atoms with Crippen LogP contribution in [-0.4, -0.2) is 48.5 Å². The van der Waals surface area contributed by atoms with Crippen molar-refractivity contribution in [3.63, 3.8) is 0 Å². The van der Waals surface area contributed by atoms with Crippen molar-refractivity contribution < 1.29 is 0 Å². The number of rotatable bonds is 6. The van der Waals surface area contributed by atoms with Crippen molar-refractivity contribution in [2.45, 2.75) is 32.7 Å². The molecule has 1 aromatic carbocycles. The Labute approximate surface area is 138 Å². The normalized spacial score (nSPS) is 17.7. The van der Waals surface area contributed by atoms with Gasteiger partial charge in [0.05, 0.1) is 12.6 Å². The van der Waals surface area contributed by atoms with Gasteiger partial charge in [0.15, 0.2) is 5.96 Å². The number of hydrogen-bond acceptors (Lipinski definition) is 2. The van der Waals surface area contributed by atoms with Crippen molar-refractivity contribution in [1.82, 2.24) is 9.80 Å². The predicted molar refractivity (Wildman–Crippen MR) is 94.4 cm³/mol. The molecular formula is C17H27ClN4. The summed E-state index contributed by atoms with van der Waals surface area (Å²) in [6, 6.07) is 8.37. The summed E-state index contributed by atoms with van der Waals surface area (Å²) in [5.74, 6) is 0.635. The number of aliphatic imine (C=N–C) groups is 1. The van der Waals surface area contributed by atoms with E-state index in [1.165, 1.54) is 18.4 Å². The molecule has 5 heteroatoms. The monoisotopic (exact) mass is 322 g/mol. The highest BCUT2D eigenvalue weighted by atomic mass is 35.5. The summed E-state index contributed by atoms with van der Waals surface area (Å²) in [4.78, 5) is 9.23. The van der Waals surface area contributed by atoms with Crippen LogP contribution < -0.4 is 5.73 Å². The molecule has 1 aromatic rings. The van der Waals surface area contributed by atoms with Gasteiger partial charge in [-0.3, -0.25) is 9.89 Å². The minimum Gasteiger partial charge on any atom is -0.370 e. The molecule has 1 fully saturated rings. The van der Waals surface area contributed by atoms with E-state index in [9.17, 15) is 0 Å². The molecule has 1 unspecified atom stereocenters. The van der Waals surface area contributed by atoms with E-state index in [0.29, 0.717) is 12.5 Å². The fraction of sp³-hybridized carbons (Fsp3) is 0.588. The number of hydrogen-bond donors (Lipinski definition) is 1. The summed E-state index contributed by atoms with van der Waals surface area (Å²) in [7, 11) is 0. The molecule has 4 nitrogen and oxygen atoms in total. The van der Waals surface area contributed by atoms with Crippen LogP contribution in [0, 0.1) is 0 Å². The average molecular weight is 323 g/mol. The molecule has 2 rings (SSSR count). The number of halogens is 1. The van der Waals surface area contributed by atoms with Crippen LogP contribution in [0.3, 0.4) is 0 Å². The molecule has 122 valence electrons. The molecule has 0 aliphatic carbocycles. The molecule has 0 aromatic heterocycles. The highest BCUT2D eigenvalue weighted by molar-refractivity contribution is 6.30. The van der Waals surface area contributed by atoms with E-state index < -0.39 is 0 Å². The Morgan fingerprint density at radius 2 is 2.00 bits per heavy atom. The van der Waals surface area contributed by atoms with Crippen LogP contribution in [0.2, 0.25) is 5.02 Å². The average Bonchev–Trinajstić information content (AvgIpc) is 3.03. The standard InChI is InChI=1S/C17H27ClN4/c1-3-21(4-2)17(19)20-13-16(22-10-5-6-11-22)14-8-7-9-15(18)12-14/h7-9,12,16H,3-6,10-11,13H2,1-2H3,(H2,19,20). The van der Waals surface area contributed by atoms with Crippen molar-refractivity contribution in [2.24, 2.45) is 10.7 Å². The Hall–Kier alpha value is -1.26. The quantitative estimate of drug-likeness (QED) is 0.646. The van der Waals surface area contributed by atoms with Crippen molar-refractivity contribution in [1.29, 1.82) is 0 Å². The lowest BCUT2D eigenvalue weighted by atomic mass is 10.1. The largest absolute Gasteiger partial charge is 0.370 e. The van der Waals surface area contributed by atoms with Gasteiger partial charge in [-0.05, 0) is 57.5 Å². The molecule has 1 aliphatic rings. The van der Waals surface area contributed by atoms with Gasteiger partial charge >= 0.3 is 0 Å². The van der Waals surface area contributed by atoms with Crippen LogP contribution in [0.4, 0.5) is 0 Å². The maximum Gasteiger partial charge on any atom is 0.191 e. The van der Waals surface area contributed by atoms with Gasteiger partial charge in [-0.1, -0.05) is 23.7 Å². The third kappa shape index (κ3) is 4.37. The molecule has 0 radical (unpaired) electrons. The van der Waals surface area contributed by atoms with E-state index in [1.54, 1.807) is 0 Å². The van der Waals surface area contributed by atoms with Gasteiger partial charge in [0.1, 0.15) is 0 Å². The molecule has 0 spiro atoms. The SMILES string of the molecule is CCN(CC)C(N)=NCC(c1cccc(Cl)c1)N1CCCC1. The van der Waals surface area contributed by atoms with Crippen LogP contribution in [-0.2, 0) is 0 Å². The van der Waals surface area contributed by atoms with E-state index in [0.717, 1.165) is 31.2 Å². The van der Waals surface area contributed by atoms with Crippen molar-refractivity contribution >= 4 is 17.6 Å². The maximum absolute atomic E-state index is 6.17. The molecule has 1 aliphatic heterocycles. The fourth-order valence-electron chi connectivity index (χ4n) is 3.03. The fourth-order valence-corrected chi connectivity index (χ4v) is 3.23. The highest BCUT2D eigenvalue weighted by Gasteiger charge is 2.23. The number of likely N-dealkylation sites (tertiary alicyclic amines) is 1. The zero-order valence-corrected chi connectivity index (χ0v) is 14.4. The summed E-state index contributed by atoms with van der Waals surface area (Å²) in [6.45, 7) is 8.90. The smallest absolute Gasteiger partial charge is 0.191 e. The van der Waals surface area contributed by atoms with E-state index >= 15 is 0 Å². The Balaban J connectivity index is 2.16. The summed E-state index contributed by atoms with van der Waals surface area (Å²) in [6.07, 6.45) is 2.51. The second-order valence-electron chi connectivity index (χ2n) is 5.69. The van der Waals surface area contributed by atoms with E-state index in [2.05, 4.69) is 34.7 Å². The van der Waals surface area contributed by atoms with Crippen LogP contribution in [0.1, 0.15) is 38.3 Å². The first kappa shape index (κ1) is 17.1. The van der Waals surface area contributed by atoms with Gasteiger partial charge in [0.2, 0.25) is 0 Å². The van der Waals surface area contributed by atoms with Gasteiger partial charge in [0.25, 0.3) is 0 Å². The molecule has 0 amide bonds. The summed E-state index contributed by atoms with van der Waals surface area (Å²) < 4.78 is 0. The Morgan fingerprint density at radius 3 is 2.59 bits per heavy atom. The molecule has 1 heterocycles. The number of benzene rings is 1. The third-order valence-corrected chi connectivity index (χ3v) is 4.56. The van der Waals surface area contributed by atoms with Crippen molar-refractivity contribution in [2.75, 3.05) is 32.7 Å². The topological polar surface area (TPSA) is 44.9 Å². The second kappa shape index (κ2) is 8.39. The van der Waals surface area contributed by atoms with Crippen molar-refractivity contribution in [3.8, 4) is 0 Å². The molecule has 2 N–H and O–H groups in total. The minimum atomic E-state index is 0.260. The maximum atomic E-state index is 6.17. The molecular weight excluding hydrogens is 296 g/mol. The number of nitrogens with zero attached hydrogens (tertiary/aromatic N) is 3. The van der Waals surface area contributed by atoms with Gasteiger partial charge in [-0.15, -0.1) is 0 Å². The zero-order chi connectivity index (χ0) is 15.9. The summed E-state index contributed by atoms with van der Waals surface area (Å²) in [5.41, 5.74) is 7.35. The van der Waals surface area contributed by atoms with Crippen LogP contribution in [0.25, 0.3) is 0 Å².